The second-order valence-corrected chi connectivity index (χ2v) is 5.03. The summed E-state index contributed by atoms with van der Waals surface area (Å²) < 4.78 is 39.3. The first kappa shape index (κ1) is 13.9. The Morgan fingerprint density at radius 1 is 1.11 bits per heavy atom. The van der Waals surface area contributed by atoms with E-state index in [9.17, 15) is 23.5 Å². The number of rotatable bonds is 2. The van der Waals surface area contributed by atoms with Crippen molar-refractivity contribution in [1.29, 1.82) is 5.26 Å². The Bertz CT molecular complexity index is 495. The molecule has 1 aromatic rings. The molecule has 1 N–H and O–H groups in total. The molecule has 5 heteroatoms. The van der Waals surface area contributed by atoms with Gasteiger partial charge in [0.2, 0.25) is 0 Å². The van der Waals surface area contributed by atoms with Gasteiger partial charge in [-0.05, 0) is 30.5 Å². The average Bonchev–Trinajstić information content (AvgIpc) is 2.44. The van der Waals surface area contributed by atoms with E-state index in [1.54, 1.807) is 0 Å². The van der Waals surface area contributed by atoms with Crippen molar-refractivity contribution in [1.82, 2.24) is 0 Å². The third-order valence-electron chi connectivity index (χ3n) is 3.81. The molecule has 0 aliphatic heterocycles. The van der Waals surface area contributed by atoms with E-state index in [-0.39, 0.29) is 5.56 Å². The van der Waals surface area contributed by atoms with Crippen LogP contribution >= 0.6 is 0 Å². The summed E-state index contributed by atoms with van der Waals surface area (Å²) in [5.41, 5.74) is -1.12. The van der Waals surface area contributed by atoms with E-state index in [0.717, 1.165) is 31.4 Å². The Hall–Kier alpha value is -1.54. The normalized spacial score (nSPS) is 19.7. The number of aliphatic hydroxyl groups excluding tert-OH is 1. The van der Waals surface area contributed by atoms with Crippen LogP contribution < -0.4 is 0 Å². The molecule has 0 amide bonds. The van der Waals surface area contributed by atoms with Crippen LogP contribution in [-0.2, 0) is 0 Å². The molecule has 1 aliphatic carbocycles. The molecule has 0 radical (unpaired) electrons. The lowest BCUT2D eigenvalue weighted by Crippen LogP contribution is -2.30. The molecule has 0 heterocycles. The number of hydrogen-bond acceptors (Lipinski definition) is 2. The topological polar surface area (TPSA) is 44.0 Å². The minimum absolute atomic E-state index is 0.0835. The maximum absolute atomic E-state index is 13.2. The van der Waals surface area contributed by atoms with Crippen molar-refractivity contribution in [2.24, 2.45) is 5.41 Å². The lowest BCUT2D eigenvalue weighted by atomic mass is 9.69. The van der Waals surface area contributed by atoms with Crippen LogP contribution in [0.2, 0.25) is 0 Å². The van der Waals surface area contributed by atoms with Crippen molar-refractivity contribution in [2.75, 3.05) is 0 Å². The van der Waals surface area contributed by atoms with Gasteiger partial charge in [0.1, 0.15) is 0 Å². The van der Waals surface area contributed by atoms with Crippen molar-refractivity contribution in [3.8, 4) is 6.07 Å². The van der Waals surface area contributed by atoms with Crippen LogP contribution in [-0.4, -0.2) is 5.11 Å². The maximum atomic E-state index is 13.2. The highest BCUT2D eigenvalue weighted by Crippen LogP contribution is 2.45. The smallest absolute Gasteiger partial charge is 0.194 e. The van der Waals surface area contributed by atoms with E-state index in [2.05, 4.69) is 6.07 Å². The monoisotopic (exact) mass is 269 g/mol. The lowest BCUT2D eigenvalue weighted by molar-refractivity contribution is 0.0354. The third-order valence-corrected chi connectivity index (χ3v) is 3.81. The summed E-state index contributed by atoms with van der Waals surface area (Å²) in [7, 11) is 0. The predicted molar refractivity (Wildman–Crippen MR) is 62.4 cm³/mol. The molecule has 1 unspecified atom stereocenters. The molecule has 0 bridgehead atoms. The molecule has 0 saturated heterocycles. The Balaban J connectivity index is 2.38. The van der Waals surface area contributed by atoms with Crippen LogP contribution in [0.4, 0.5) is 13.2 Å². The van der Waals surface area contributed by atoms with Crippen LogP contribution in [0.1, 0.15) is 43.8 Å². The number of halogens is 3. The van der Waals surface area contributed by atoms with Crippen molar-refractivity contribution in [2.45, 2.75) is 38.2 Å². The molecule has 1 saturated carbocycles. The van der Waals surface area contributed by atoms with Crippen molar-refractivity contribution < 1.29 is 18.3 Å². The molecule has 1 aliphatic rings. The zero-order valence-electron chi connectivity index (χ0n) is 10.3. The van der Waals surface area contributed by atoms with Gasteiger partial charge in [0, 0.05) is 0 Å². The van der Waals surface area contributed by atoms with E-state index in [0.29, 0.717) is 12.8 Å². The van der Waals surface area contributed by atoms with Crippen LogP contribution in [0.3, 0.4) is 0 Å². The van der Waals surface area contributed by atoms with Gasteiger partial charge in [0.25, 0.3) is 0 Å². The fourth-order valence-electron chi connectivity index (χ4n) is 2.68. The highest BCUT2D eigenvalue weighted by Gasteiger charge is 2.40. The first-order valence-corrected chi connectivity index (χ1v) is 6.24. The van der Waals surface area contributed by atoms with E-state index >= 15 is 0 Å². The van der Waals surface area contributed by atoms with Gasteiger partial charge < -0.3 is 5.11 Å². The van der Waals surface area contributed by atoms with Crippen LogP contribution in [0.25, 0.3) is 0 Å². The first-order chi connectivity index (χ1) is 9.00. The fourth-order valence-corrected chi connectivity index (χ4v) is 2.68. The summed E-state index contributed by atoms with van der Waals surface area (Å²) in [4.78, 5) is 0. The molecule has 19 heavy (non-hydrogen) atoms. The van der Waals surface area contributed by atoms with E-state index in [1.165, 1.54) is 0 Å². The first-order valence-electron chi connectivity index (χ1n) is 6.24. The summed E-state index contributed by atoms with van der Waals surface area (Å²) in [5, 5.41) is 19.6. The third kappa shape index (κ3) is 2.45. The molecular weight excluding hydrogens is 255 g/mol. The number of hydrogen-bond donors (Lipinski definition) is 1. The highest BCUT2D eigenvalue weighted by molar-refractivity contribution is 5.26. The molecular formula is C14H14F3NO. The van der Waals surface area contributed by atoms with E-state index in [1.807, 2.05) is 0 Å². The van der Waals surface area contributed by atoms with E-state index in [4.69, 9.17) is 0 Å². The Labute approximate surface area is 109 Å². The molecule has 102 valence electrons. The second-order valence-electron chi connectivity index (χ2n) is 5.03. The van der Waals surface area contributed by atoms with Crippen molar-refractivity contribution in [3.63, 3.8) is 0 Å². The summed E-state index contributed by atoms with van der Waals surface area (Å²) in [6.07, 6.45) is 2.20. The van der Waals surface area contributed by atoms with Gasteiger partial charge in [-0.15, -0.1) is 0 Å². The fraction of sp³-hybridized carbons (Fsp3) is 0.500. The standard InChI is InChI=1S/C14H14F3NO/c15-10-6-9(7-11(16)12(10)17)13(19)14(8-18)4-2-1-3-5-14/h6-7,13,19H,1-5H2. The lowest BCUT2D eigenvalue weighted by Gasteiger charge is -2.35. The zero-order chi connectivity index (χ0) is 14.0. The SMILES string of the molecule is N#CC1(C(O)c2cc(F)c(F)c(F)c2)CCCCC1. The molecule has 1 aromatic carbocycles. The van der Waals surface area contributed by atoms with Gasteiger partial charge in [0.15, 0.2) is 17.5 Å². The van der Waals surface area contributed by atoms with Crippen LogP contribution in [0, 0.1) is 34.2 Å². The molecule has 0 spiro atoms. The van der Waals surface area contributed by atoms with Crippen LogP contribution in [0.5, 0.6) is 0 Å². The van der Waals surface area contributed by atoms with E-state index < -0.39 is 29.0 Å². The van der Waals surface area contributed by atoms with Gasteiger partial charge in [-0.3, -0.25) is 0 Å². The van der Waals surface area contributed by atoms with Gasteiger partial charge in [-0.1, -0.05) is 19.3 Å². The number of benzene rings is 1. The number of aliphatic hydroxyl groups is 1. The predicted octanol–water partition coefficient (Wildman–Crippen LogP) is 3.61. The van der Waals surface area contributed by atoms with Gasteiger partial charge >= 0.3 is 0 Å². The summed E-state index contributed by atoms with van der Waals surface area (Å²) >= 11 is 0. The zero-order valence-corrected chi connectivity index (χ0v) is 10.3. The molecule has 0 aromatic heterocycles. The Kier molecular flexibility index (Phi) is 3.81. The summed E-state index contributed by atoms with van der Waals surface area (Å²) in [6.45, 7) is 0. The van der Waals surface area contributed by atoms with Crippen molar-refractivity contribution in [3.05, 3.63) is 35.1 Å². The van der Waals surface area contributed by atoms with Crippen molar-refractivity contribution >= 4 is 0 Å². The Morgan fingerprint density at radius 3 is 2.11 bits per heavy atom. The molecule has 1 atom stereocenters. The summed E-state index contributed by atoms with van der Waals surface area (Å²) in [5.74, 6) is -4.26. The second kappa shape index (κ2) is 5.22. The molecule has 2 nitrogen and oxygen atoms in total. The maximum Gasteiger partial charge on any atom is 0.194 e. The molecule has 2 rings (SSSR count). The van der Waals surface area contributed by atoms with Crippen LogP contribution in [0.15, 0.2) is 12.1 Å². The highest BCUT2D eigenvalue weighted by atomic mass is 19.2. The Morgan fingerprint density at radius 2 is 1.63 bits per heavy atom. The summed E-state index contributed by atoms with van der Waals surface area (Å²) in [6, 6.07) is 3.60. The quantitative estimate of drug-likeness (QED) is 0.833. The minimum atomic E-state index is -1.56. The van der Waals surface area contributed by atoms with Gasteiger partial charge in [0.05, 0.1) is 17.6 Å². The average molecular weight is 269 g/mol. The number of nitriles is 1. The van der Waals surface area contributed by atoms with Gasteiger partial charge in [-0.25, -0.2) is 13.2 Å². The largest absolute Gasteiger partial charge is 0.387 e. The van der Waals surface area contributed by atoms with Gasteiger partial charge in [-0.2, -0.15) is 5.26 Å². The minimum Gasteiger partial charge on any atom is -0.387 e. The molecule has 1 fully saturated rings. The number of nitrogens with zero attached hydrogens (tertiary/aromatic N) is 1.